The highest BCUT2D eigenvalue weighted by Gasteiger charge is 2.38. The first-order chi connectivity index (χ1) is 10.6. The van der Waals surface area contributed by atoms with Crippen molar-refractivity contribution >= 4 is 11.6 Å². The minimum Gasteiger partial charge on any atom is -0.492 e. The minimum absolute atomic E-state index is 0.0906. The van der Waals surface area contributed by atoms with Gasteiger partial charge in [0.2, 0.25) is 5.78 Å². The molecule has 0 aromatic carbocycles. The molecule has 0 saturated carbocycles. The summed E-state index contributed by atoms with van der Waals surface area (Å²) in [6.45, 7) is 13.9. The van der Waals surface area contributed by atoms with Crippen LogP contribution in [0, 0.1) is 11.3 Å². The SMILES string of the molecule is CCC(C)/C(C)=C/CC(C)(C)C1=C(C)C(=O)C(C)=C(OC)C1=O. The average Bonchev–Trinajstić information content (AvgIpc) is 2.50. The van der Waals surface area contributed by atoms with Gasteiger partial charge in [-0.2, -0.15) is 0 Å². The molecule has 0 radical (unpaired) electrons. The van der Waals surface area contributed by atoms with Crippen LogP contribution in [0.25, 0.3) is 0 Å². The van der Waals surface area contributed by atoms with E-state index in [1.807, 2.05) is 13.8 Å². The van der Waals surface area contributed by atoms with E-state index in [-0.39, 0.29) is 17.3 Å². The number of carbonyl (C=O) groups is 2. The number of carbonyl (C=O) groups excluding carboxylic acids is 2. The number of ether oxygens (including phenoxy) is 1. The standard InChI is InChI=1S/C20H30O3/c1-9-12(2)13(3)10-11-20(6,7)16-14(4)17(21)15(5)19(23-8)18(16)22/h10,12H,9,11H2,1-8H3/b13-10+. The average molecular weight is 318 g/mol. The summed E-state index contributed by atoms with van der Waals surface area (Å²) in [6, 6.07) is 0. The van der Waals surface area contributed by atoms with E-state index >= 15 is 0 Å². The van der Waals surface area contributed by atoms with Gasteiger partial charge in [-0.1, -0.05) is 39.3 Å². The fourth-order valence-electron chi connectivity index (χ4n) is 3.05. The second kappa shape index (κ2) is 7.29. The molecule has 0 aliphatic heterocycles. The molecule has 23 heavy (non-hydrogen) atoms. The number of hydrogen-bond acceptors (Lipinski definition) is 3. The number of ketones is 2. The molecular formula is C20H30O3. The lowest BCUT2D eigenvalue weighted by atomic mass is 9.72. The van der Waals surface area contributed by atoms with E-state index in [1.54, 1.807) is 13.8 Å². The van der Waals surface area contributed by atoms with Gasteiger partial charge in [-0.15, -0.1) is 0 Å². The van der Waals surface area contributed by atoms with Crippen molar-refractivity contribution in [3.05, 3.63) is 34.1 Å². The second-order valence-corrected chi connectivity index (χ2v) is 7.16. The van der Waals surface area contributed by atoms with Crippen molar-refractivity contribution in [3.63, 3.8) is 0 Å². The molecule has 1 aliphatic rings. The third kappa shape index (κ3) is 3.82. The van der Waals surface area contributed by atoms with Crippen molar-refractivity contribution < 1.29 is 14.3 Å². The largest absolute Gasteiger partial charge is 0.492 e. The molecule has 1 rings (SSSR count). The maximum Gasteiger partial charge on any atom is 0.224 e. The Morgan fingerprint density at radius 3 is 2.22 bits per heavy atom. The van der Waals surface area contributed by atoms with Gasteiger partial charge in [-0.05, 0) is 44.9 Å². The first kappa shape index (κ1) is 19.4. The highest BCUT2D eigenvalue weighted by molar-refractivity contribution is 6.24. The lowest BCUT2D eigenvalue weighted by molar-refractivity contribution is -0.119. The molecule has 0 bridgehead atoms. The van der Waals surface area contributed by atoms with Gasteiger partial charge in [0.25, 0.3) is 0 Å². The van der Waals surface area contributed by atoms with Crippen LogP contribution in [0.3, 0.4) is 0 Å². The first-order valence-electron chi connectivity index (χ1n) is 8.30. The lowest BCUT2D eigenvalue weighted by Gasteiger charge is -2.31. The quantitative estimate of drug-likeness (QED) is 0.522. The van der Waals surface area contributed by atoms with Crippen molar-refractivity contribution in [1.82, 2.24) is 0 Å². The van der Waals surface area contributed by atoms with Crippen molar-refractivity contribution in [2.45, 2.75) is 61.3 Å². The molecular weight excluding hydrogens is 288 g/mol. The predicted octanol–water partition coefficient (Wildman–Crippen LogP) is 4.78. The molecule has 0 amide bonds. The van der Waals surface area contributed by atoms with Crippen molar-refractivity contribution in [1.29, 1.82) is 0 Å². The van der Waals surface area contributed by atoms with E-state index in [9.17, 15) is 9.59 Å². The van der Waals surface area contributed by atoms with E-state index < -0.39 is 5.41 Å². The first-order valence-corrected chi connectivity index (χ1v) is 8.30. The Kier molecular flexibility index (Phi) is 6.15. The molecule has 128 valence electrons. The van der Waals surface area contributed by atoms with E-state index in [0.717, 1.165) is 12.8 Å². The third-order valence-corrected chi connectivity index (χ3v) is 5.04. The summed E-state index contributed by atoms with van der Waals surface area (Å²) in [6.07, 6.45) is 4.02. The normalized spacial score (nSPS) is 18.7. The number of methoxy groups -OCH3 is 1. The Morgan fingerprint density at radius 2 is 1.74 bits per heavy atom. The van der Waals surface area contributed by atoms with Crippen molar-refractivity contribution in [2.75, 3.05) is 7.11 Å². The van der Waals surface area contributed by atoms with Crippen LogP contribution in [0.2, 0.25) is 0 Å². The molecule has 0 heterocycles. The molecule has 0 aromatic heterocycles. The van der Waals surface area contributed by atoms with Gasteiger partial charge in [0.15, 0.2) is 11.5 Å². The molecule has 0 fully saturated rings. The Hall–Kier alpha value is -1.64. The maximum atomic E-state index is 12.8. The predicted molar refractivity (Wildman–Crippen MR) is 94.0 cm³/mol. The highest BCUT2D eigenvalue weighted by atomic mass is 16.5. The third-order valence-electron chi connectivity index (χ3n) is 5.04. The molecule has 0 saturated heterocycles. The topological polar surface area (TPSA) is 43.4 Å². The van der Waals surface area contributed by atoms with E-state index in [2.05, 4.69) is 26.8 Å². The fraction of sp³-hybridized carbons (Fsp3) is 0.600. The highest BCUT2D eigenvalue weighted by Crippen LogP contribution is 2.39. The Balaban J connectivity index is 3.22. The zero-order valence-corrected chi connectivity index (χ0v) is 15.8. The Bertz CT molecular complexity index is 600. The second-order valence-electron chi connectivity index (χ2n) is 7.16. The van der Waals surface area contributed by atoms with E-state index in [4.69, 9.17) is 4.74 Å². The van der Waals surface area contributed by atoms with E-state index in [0.29, 0.717) is 22.6 Å². The summed E-state index contributed by atoms with van der Waals surface area (Å²) >= 11 is 0. The molecule has 1 aliphatic carbocycles. The van der Waals surface area contributed by atoms with Gasteiger partial charge < -0.3 is 4.74 Å². The number of rotatable bonds is 6. The number of Topliss-reactive ketones (excluding diaryl/α,β-unsaturated/α-hetero) is 2. The van der Waals surface area contributed by atoms with Gasteiger partial charge in [0.05, 0.1) is 7.11 Å². The molecule has 0 N–H and O–H groups in total. The Labute approximate surface area is 140 Å². The van der Waals surface area contributed by atoms with Crippen LogP contribution >= 0.6 is 0 Å². The van der Waals surface area contributed by atoms with Gasteiger partial charge in [0, 0.05) is 16.7 Å². The minimum atomic E-state index is -0.407. The van der Waals surface area contributed by atoms with Crippen LogP contribution in [-0.4, -0.2) is 18.7 Å². The van der Waals surface area contributed by atoms with Gasteiger partial charge in [0.1, 0.15) is 0 Å². The summed E-state index contributed by atoms with van der Waals surface area (Å²) in [4.78, 5) is 25.2. The molecule has 0 spiro atoms. The number of allylic oxidation sites excluding steroid dienone is 5. The van der Waals surface area contributed by atoms with Gasteiger partial charge in [-0.3, -0.25) is 9.59 Å². The molecule has 1 unspecified atom stereocenters. The molecule has 1 atom stereocenters. The van der Waals surface area contributed by atoms with Crippen LogP contribution < -0.4 is 0 Å². The van der Waals surface area contributed by atoms with Crippen molar-refractivity contribution in [2.24, 2.45) is 11.3 Å². The Morgan fingerprint density at radius 1 is 1.17 bits per heavy atom. The maximum absolute atomic E-state index is 12.8. The summed E-state index contributed by atoms with van der Waals surface area (Å²) in [5.74, 6) is 0.474. The number of hydrogen-bond donors (Lipinski definition) is 0. The molecule has 3 nitrogen and oxygen atoms in total. The van der Waals surface area contributed by atoms with Gasteiger partial charge >= 0.3 is 0 Å². The van der Waals surface area contributed by atoms with E-state index in [1.165, 1.54) is 12.7 Å². The van der Waals surface area contributed by atoms with Crippen LogP contribution in [0.4, 0.5) is 0 Å². The molecule has 0 aromatic rings. The van der Waals surface area contributed by atoms with Crippen LogP contribution in [0.15, 0.2) is 34.1 Å². The smallest absolute Gasteiger partial charge is 0.224 e. The zero-order chi connectivity index (χ0) is 17.9. The van der Waals surface area contributed by atoms with Crippen LogP contribution in [0.5, 0.6) is 0 Å². The van der Waals surface area contributed by atoms with Gasteiger partial charge in [-0.25, -0.2) is 0 Å². The summed E-state index contributed by atoms with van der Waals surface area (Å²) in [5.41, 5.74) is 2.45. The van der Waals surface area contributed by atoms with Crippen LogP contribution in [0.1, 0.15) is 61.3 Å². The lowest BCUT2D eigenvalue weighted by Crippen LogP contribution is -2.31. The summed E-state index contributed by atoms with van der Waals surface area (Å²) in [7, 11) is 1.45. The monoisotopic (exact) mass is 318 g/mol. The molecule has 3 heteroatoms. The zero-order valence-electron chi connectivity index (χ0n) is 15.8. The summed E-state index contributed by atoms with van der Waals surface area (Å²) < 4.78 is 5.20. The van der Waals surface area contributed by atoms with Crippen molar-refractivity contribution in [3.8, 4) is 0 Å². The fourth-order valence-corrected chi connectivity index (χ4v) is 3.05. The summed E-state index contributed by atoms with van der Waals surface area (Å²) in [5, 5.41) is 0. The van der Waals surface area contributed by atoms with Crippen LogP contribution in [-0.2, 0) is 14.3 Å².